The highest BCUT2D eigenvalue weighted by Gasteiger charge is 1.93. The average Bonchev–Trinajstić information content (AvgIpc) is 2.45. The van der Waals surface area contributed by atoms with Gasteiger partial charge in [-0.05, 0) is 25.1 Å². The molecule has 0 aliphatic rings. The summed E-state index contributed by atoms with van der Waals surface area (Å²) in [7, 11) is 0. The Morgan fingerprint density at radius 3 is 2.77 bits per heavy atom. The van der Waals surface area contributed by atoms with Crippen LogP contribution in [0, 0.1) is 6.92 Å². The first-order valence-corrected chi connectivity index (χ1v) is 4.68. The largest absolute Gasteiger partial charge is 0.344 e. The van der Waals surface area contributed by atoms with Gasteiger partial charge in [0.25, 0.3) is 0 Å². The van der Waals surface area contributed by atoms with E-state index in [9.17, 15) is 0 Å². The van der Waals surface area contributed by atoms with Gasteiger partial charge >= 0.3 is 0 Å². The molecule has 0 aromatic carbocycles. The Labute approximate surface area is 80.5 Å². The smallest absolute Gasteiger partial charge is 0.137 e. The quantitative estimate of drug-likeness (QED) is 0.656. The van der Waals surface area contributed by atoms with Crippen LogP contribution in [0.1, 0.15) is 27.4 Å². The molecule has 13 heavy (non-hydrogen) atoms. The average molecular weight is 178 g/mol. The van der Waals surface area contributed by atoms with E-state index in [4.69, 9.17) is 0 Å². The summed E-state index contributed by atoms with van der Waals surface area (Å²) in [6.45, 7) is 6.28. The maximum absolute atomic E-state index is 4.15. The molecular weight excluding hydrogens is 160 g/mol. The summed E-state index contributed by atoms with van der Waals surface area (Å²) in [6, 6.07) is 6.07. The molecule has 0 unspecified atom stereocenters. The Bertz CT molecular complexity index is 335. The maximum Gasteiger partial charge on any atom is 0.137 e. The van der Waals surface area contributed by atoms with Gasteiger partial charge < -0.3 is 4.98 Å². The summed E-state index contributed by atoms with van der Waals surface area (Å²) in [5, 5.41) is 1.18. The van der Waals surface area contributed by atoms with Gasteiger partial charge in [0.1, 0.15) is 5.65 Å². The van der Waals surface area contributed by atoms with Crippen molar-refractivity contribution in [2.24, 2.45) is 0 Å². The van der Waals surface area contributed by atoms with Crippen LogP contribution in [0.4, 0.5) is 0 Å². The highest BCUT2D eigenvalue weighted by atomic mass is 14.8. The second-order valence-corrected chi connectivity index (χ2v) is 3.10. The summed E-state index contributed by atoms with van der Waals surface area (Å²) < 4.78 is 0. The molecule has 0 fully saturated rings. The van der Waals surface area contributed by atoms with Crippen LogP contribution in [0.25, 0.3) is 11.0 Å². The molecule has 0 amide bonds. The first kappa shape index (κ1) is 9.78. The summed E-state index contributed by atoms with van der Waals surface area (Å²) in [6.07, 6.45) is 3.04. The van der Waals surface area contributed by atoms with Crippen molar-refractivity contribution in [1.29, 1.82) is 0 Å². The molecule has 0 atom stereocenters. The number of H-pyrrole nitrogens is 1. The SMILES string of the molecule is CCC.Cc1cc2cccnc2[nH]1.[HH]. The third kappa shape index (κ3) is 2.58. The van der Waals surface area contributed by atoms with Crippen molar-refractivity contribution in [3.8, 4) is 0 Å². The van der Waals surface area contributed by atoms with E-state index in [1.807, 2.05) is 19.1 Å². The van der Waals surface area contributed by atoms with Gasteiger partial charge in [-0.3, -0.25) is 0 Å². The lowest BCUT2D eigenvalue weighted by molar-refractivity contribution is 1.09. The van der Waals surface area contributed by atoms with Crippen molar-refractivity contribution in [3.05, 3.63) is 30.1 Å². The van der Waals surface area contributed by atoms with E-state index in [-0.39, 0.29) is 1.43 Å². The molecule has 0 bridgehead atoms. The molecule has 0 aliphatic carbocycles. The molecule has 0 saturated carbocycles. The first-order chi connectivity index (χ1) is 6.27. The van der Waals surface area contributed by atoms with Gasteiger partial charge in [-0.1, -0.05) is 20.3 Å². The summed E-state index contributed by atoms with van der Waals surface area (Å²) >= 11 is 0. The molecule has 2 nitrogen and oxygen atoms in total. The molecule has 72 valence electrons. The van der Waals surface area contributed by atoms with Gasteiger partial charge in [0.15, 0.2) is 0 Å². The van der Waals surface area contributed by atoms with E-state index < -0.39 is 0 Å². The number of aryl methyl sites for hydroxylation is 1. The zero-order chi connectivity index (χ0) is 9.68. The van der Waals surface area contributed by atoms with Crippen LogP contribution < -0.4 is 0 Å². The van der Waals surface area contributed by atoms with Crippen molar-refractivity contribution in [3.63, 3.8) is 0 Å². The molecular formula is C11H18N2. The van der Waals surface area contributed by atoms with Gasteiger partial charge in [-0.25, -0.2) is 4.98 Å². The van der Waals surface area contributed by atoms with E-state index in [0.29, 0.717) is 0 Å². The molecule has 0 spiro atoms. The zero-order valence-electron chi connectivity index (χ0n) is 8.46. The molecule has 2 heteroatoms. The van der Waals surface area contributed by atoms with Crippen molar-refractivity contribution >= 4 is 11.0 Å². The lowest BCUT2D eigenvalue weighted by Gasteiger charge is -1.82. The lowest BCUT2D eigenvalue weighted by atomic mass is 10.3. The van der Waals surface area contributed by atoms with Crippen LogP contribution in [0.5, 0.6) is 0 Å². The van der Waals surface area contributed by atoms with Gasteiger partial charge in [-0.2, -0.15) is 0 Å². The second-order valence-electron chi connectivity index (χ2n) is 3.10. The van der Waals surface area contributed by atoms with Crippen molar-refractivity contribution < 1.29 is 1.43 Å². The predicted octanol–water partition coefficient (Wildman–Crippen LogP) is 3.53. The fourth-order valence-electron chi connectivity index (χ4n) is 1.09. The lowest BCUT2D eigenvalue weighted by Crippen LogP contribution is -1.72. The molecule has 0 saturated heterocycles. The topological polar surface area (TPSA) is 28.7 Å². The molecule has 2 rings (SSSR count). The number of nitrogens with one attached hydrogen (secondary N) is 1. The number of pyridine rings is 1. The molecule has 2 aromatic heterocycles. The Balaban J connectivity index is 0.000000381. The zero-order valence-corrected chi connectivity index (χ0v) is 8.46. The summed E-state index contributed by atoms with van der Waals surface area (Å²) in [4.78, 5) is 7.29. The number of hydrogen-bond donors (Lipinski definition) is 1. The van der Waals surface area contributed by atoms with E-state index in [1.54, 1.807) is 6.20 Å². The van der Waals surface area contributed by atoms with Gasteiger partial charge in [0.2, 0.25) is 0 Å². The number of fused-ring (bicyclic) bond motifs is 1. The Morgan fingerprint density at radius 2 is 2.15 bits per heavy atom. The Morgan fingerprint density at radius 1 is 1.46 bits per heavy atom. The van der Waals surface area contributed by atoms with Crippen LogP contribution >= 0.6 is 0 Å². The minimum atomic E-state index is 0. The number of aromatic nitrogens is 2. The van der Waals surface area contributed by atoms with Crippen molar-refractivity contribution in [2.45, 2.75) is 27.2 Å². The van der Waals surface area contributed by atoms with E-state index >= 15 is 0 Å². The Kier molecular flexibility index (Phi) is 3.50. The van der Waals surface area contributed by atoms with Crippen LogP contribution in [0.3, 0.4) is 0 Å². The molecule has 0 aliphatic heterocycles. The maximum atomic E-state index is 4.15. The van der Waals surface area contributed by atoms with Gasteiger partial charge in [-0.15, -0.1) is 0 Å². The fraction of sp³-hybridized carbons (Fsp3) is 0.364. The third-order valence-electron chi connectivity index (χ3n) is 1.53. The Hall–Kier alpha value is -1.31. The minimum absolute atomic E-state index is 0. The van der Waals surface area contributed by atoms with Gasteiger partial charge in [0, 0.05) is 18.7 Å². The number of hydrogen-bond acceptors (Lipinski definition) is 1. The molecule has 2 heterocycles. The number of aromatic amines is 1. The monoisotopic (exact) mass is 178 g/mol. The normalized spacial score (nSPS) is 9.46. The van der Waals surface area contributed by atoms with Gasteiger partial charge in [0.05, 0.1) is 0 Å². The fourth-order valence-corrected chi connectivity index (χ4v) is 1.09. The predicted molar refractivity (Wildman–Crippen MR) is 58.9 cm³/mol. The second kappa shape index (κ2) is 4.65. The van der Waals surface area contributed by atoms with Crippen LogP contribution in [0.2, 0.25) is 0 Å². The highest BCUT2D eigenvalue weighted by molar-refractivity contribution is 5.75. The number of rotatable bonds is 0. The molecule has 0 radical (unpaired) electrons. The van der Waals surface area contributed by atoms with Crippen LogP contribution in [-0.2, 0) is 0 Å². The van der Waals surface area contributed by atoms with Crippen molar-refractivity contribution in [1.82, 2.24) is 9.97 Å². The standard InChI is InChI=1S/C8H8N2.C3H8.H2/c1-6-5-7-3-2-4-9-8(7)10-6;1-3-2;/h2-5H,1H3,(H,9,10);3H2,1-2H3;1H. The van der Waals surface area contributed by atoms with E-state index in [0.717, 1.165) is 11.3 Å². The van der Waals surface area contributed by atoms with Crippen LogP contribution in [-0.4, -0.2) is 9.97 Å². The van der Waals surface area contributed by atoms with E-state index in [1.165, 1.54) is 11.8 Å². The van der Waals surface area contributed by atoms with Crippen LogP contribution in [0.15, 0.2) is 24.4 Å². The summed E-state index contributed by atoms with van der Waals surface area (Å²) in [5.41, 5.74) is 2.13. The number of nitrogens with zero attached hydrogens (tertiary/aromatic N) is 1. The van der Waals surface area contributed by atoms with E-state index in [2.05, 4.69) is 29.9 Å². The minimum Gasteiger partial charge on any atom is -0.344 e. The first-order valence-electron chi connectivity index (χ1n) is 4.68. The highest BCUT2D eigenvalue weighted by Crippen LogP contribution is 2.10. The summed E-state index contributed by atoms with van der Waals surface area (Å²) in [5.74, 6) is 0. The third-order valence-corrected chi connectivity index (χ3v) is 1.53. The molecule has 1 N–H and O–H groups in total. The molecule has 2 aromatic rings. The van der Waals surface area contributed by atoms with Crippen molar-refractivity contribution in [2.75, 3.05) is 0 Å².